The van der Waals surface area contributed by atoms with Gasteiger partial charge in [-0.2, -0.15) is 0 Å². The van der Waals surface area contributed by atoms with Crippen molar-refractivity contribution in [2.75, 3.05) is 13.7 Å². The molecule has 0 amide bonds. The first kappa shape index (κ1) is 11.9. The highest BCUT2D eigenvalue weighted by Gasteiger charge is 2.16. The summed E-state index contributed by atoms with van der Waals surface area (Å²) in [5.74, 6) is 0.179. The van der Waals surface area contributed by atoms with Crippen molar-refractivity contribution in [2.24, 2.45) is 5.92 Å². The first-order valence-electron chi connectivity index (χ1n) is 5.10. The molecule has 0 radical (unpaired) electrons. The zero-order valence-corrected chi connectivity index (χ0v) is 9.49. The number of carbonyl (C=O) groups excluding carboxylic acids is 1. The minimum atomic E-state index is 0.00560. The Morgan fingerprint density at radius 1 is 1.60 bits per heavy atom. The summed E-state index contributed by atoms with van der Waals surface area (Å²) in [5.41, 5.74) is 1.71. The van der Waals surface area contributed by atoms with Crippen molar-refractivity contribution in [1.82, 2.24) is 4.98 Å². The fourth-order valence-electron chi connectivity index (χ4n) is 1.44. The predicted molar refractivity (Wildman–Crippen MR) is 59.0 cm³/mol. The molecule has 0 saturated heterocycles. The second kappa shape index (κ2) is 5.61. The Bertz CT molecular complexity index is 336. The summed E-state index contributed by atoms with van der Waals surface area (Å²) in [6, 6.07) is 1.78. The molecule has 0 saturated carbocycles. The van der Waals surface area contributed by atoms with Gasteiger partial charge in [-0.15, -0.1) is 0 Å². The molecule has 0 bridgehead atoms. The van der Waals surface area contributed by atoms with Crippen LogP contribution in [0, 0.1) is 12.8 Å². The van der Waals surface area contributed by atoms with Crippen molar-refractivity contribution in [3.05, 3.63) is 29.6 Å². The first-order valence-corrected chi connectivity index (χ1v) is 5.10. The van der Waals surface area contributed by atoms with E-state index in [1.165, 1.54) is 0 Å². The summed E-state index contributed by atoms with van der Waals surface area (Å²) in [4.78, 5) is 16.0. The van der Waals surface area contributed by atoms with Crippen LogP contribution in [0.5, 0.6) is 0 Å². The number of hydrogen-bond donors (Lipinski definition) is 0. The second-order valence-electron chi connectivity index (χ2n) is 3.74. The third-order valence-corrected chi connectivity index (χ3v) is 2.49. The van der Waals surface area contributed by atoms with Crippen LogP contribution in [0.25, 0.3) is 0 Å². The van der Waals surface area contributed by atoms with Gasteiger partial charge in [-0.25, -0.2) is 0 Å². The Morgan fingerprint density at radius 2 is 2.33 bits per heavy atom. The third-order valence-electron chi connectivity index (χ3n) is 2.49. The number of nitrogens with zero attached hydrogens (tertiary/aromatic N) is 1. The van der Waals surface area contributed by atoms with Crippen LogP contribution < -0.4 is 0 Å². The van der Waals surface area contributed by atoms with Crippen molar-refractivity contribution in [3.63, 3.8) is 0 Å². The van der Waals surface area contributed by atoms with E-state index >= 15 is 0 Å². The van der Waals surface area contributed by atoms with Crippen molar-refractivity contribution >= 4 is 5.78 Å². The number of Topliss-reactive ketones (excluding diaryl/α,β-unsaturated/α-hetero) is 1. The van der Waals surface area contributed by atoms with Crippen LogP contribution in [0.15, 0.2) is 18.5 Å². The average Bonchev–Trinajstić information content (AvgIpc) is 2.25. The molecular weight excluding hydrogens is 190 g/mol. The van der Waals surface area contributed by atoms with E-state index in [2.05, 4.69) is 4.98 Å². The molecule has 0 aromatic carbocycles. The number of carbonyl (C=O) groups is 1. The zero-order valence-electron chi connectivity index (χ0n) is 9.49. The van der Waals surface area contributed by atoms with E-state index in [0.29, 0.717) is 6.61 Å². The quantitative estimate of drug-likeness (QED) is 0.695. The molecule has 0 spiro atoms. The summed E-state index contributed by atoms with van der Waals surface area (Å²) >= 11 is 0. The van der Waals surface area contributed by atoms with E-state index in [4.69, 9.17) is 4.74 Å². The van der Waals surface area contributed by atoms with Gasteiger partial charge in [0.25, 0.3) is 0 Å². The smallest absolute Gasteiger partial charge is 0.166 e. The summed E-state index contributed by atoms with van der Waals surface area (Å²) < 4.78 is 4.96. The van der Waals surface area contributed by atoms with Crippen LogP contribution in [-0.2, 0) is 4.74 Å². The van der Waals surface area contributed by atoms with Crippen LogP contribution in [0.4, 0.5) is 0 Å². The largest absolute Gasteiger partial charge is 0.385 e. The molecule has 1 atom stereocenters. The molecule has 3 nitrogen and oxygen atoms in total. The lowest BCUT2D eigenvalue weighted by molar-refractivity contribution is 0.0893. The molecule has 1 unspecified atom stereocenters. The van der Waals surface area contributed by atoms with Crippen LogP contribution >= 0.6 is 0 Å². The monoisotopic (exact) mass is 207 g/mol. The van der Waals surface area contributed by atoms with Gasteiger partial charge in [-0.05, 0) is 25.0 Å². The van der Waals surface area contributed by atoms with Gasteiger partial charge in [0.05, 0.1) is 0 Å². The van der Waals surface area contributed by atoms with Crippen LogP contribution in [-0.4, -0.2) is 24.5 Å². The maximum absolute atomic E-state index is 12.0. The number of hydrogen-bond acceptors (Lipinski definition) is 3. The summed E-state index contributed by atoms with van der Waals surface area (Å²) in [6.07, 6.45) is 4.14. The fraction of sp³-hybridized carbons (Fsp3) is 0.500. The molecule has 1 aromatic heterocycles. The van der Waals surface area contributed by atoms with E-state index in [9.17, 15) is 4.79 Å². The standard InChI is InChI=1S/C12H17NO2/c1-9(5-7-15-3)12(14)11-4-6-13-8-10(11)2/h4,6,8-9H,5,7H2,1-3H3. The van der Waals surface area contributed by atoms with E-state index in [0.717, 1.165) is 17.5 Å². The lowest BCUT2D eigenvalue weighted by Gasteiger charge is -2.11. The van der Waals surface area contributed by atoms with E-state index in [1.807, 2.05) is 13.8 Å². The highest BCUT2D eigenvalue weighted by Crippen LogP contribution is 2.14. The Balaban J connectivity index is 2.72. The van der Waals surface area contributed by atoms with Crippen LogP contribution in [0.3, 0.4) is 0 Å². The molecule has 1 rings (SSSR count). The molecule has 1 aromatic rings. The second-order valence-corrected chi connectivity index (χ2v) is 3.74. The van der Waals surface area contributed by atoms with Gasteiger partial charge in [-0.1, -0.05) is 6.92 Å². The van der Waals surface area contributed by atoms with Gasteiger partial charge in [-0.3, -0.25) is 9.78 Å². The van der Waals surface area contributed by atoms with Crippen molar-refractivity contribution in [2.45, 2.75) is 20.3 Å². The molecule has 15 heavy (non-hydrogen) atoms. The Kier molecular flexibility index (Phi) is 4.43. The first-order chi connectivity index (χ1) is 7.16. The summed E-state index contributed by atoms with van der Waals surface area (Å²) in [6.45, 7) is 4.46. The minimum absolute atomic E-state index is 0.00560. The van der Waals surface area contributed by atoms with Gasteiger partial charge >= 0.3 is 0 Å². The number of ketones is 1. The van der Waals surface area contributed by atoms with Gasteiger partial charge in [0.2, 0.25) is 0 Å². The fourth-order valence-corrected chi connectivity index (χ4v) is 1.44. The molecule has 0 aliphatic rings. The normalized spacial score (nSPS) is 12.5. The van der Waals surface area contributed by atoms with Gasteiger partial charge in [0.1, 0.15) is 0 Å². The third kappa shape index (κ3) is 3.13. The number of rotatable bonds is 5. The molecule has 0 N–H and O–H groups in total. The summed E-state index contributed by atoms with van der Waals surface area (Å²) in [7, 11) is 1.65. The Hall–Kier alpha value is -1.22. The number of aromatic nitrogens is 1. The van der Waals surface area contributed by atoms with Crippen LogP contribution in [0.1, 0.15) is 29.3 Å². The number of pyridine rings is 1. The van der Waals surface area contributed by atoms with Gasteiger partial charge in [0, 0.05) is 37.6 Å². The van der Waals surface area contributed by atoms with Gasteiger partial charge < -0.3 is 4.74 Å². The summed E-state index contributed by atoms with van der Waals surface area (Å²) in [5, 5.41) is 0. The molecule has 0 aliphatic carbocycles. The van der Waals surface area contributed by atoms with Gasteiger partial charge in [0.15, 0.2) is 5.78 Å². The highest BCUT2D eigenvalue weighted by molar-refractivity contribution is 5.98. The molecule has 3 heteroatoms. The molecule has 0 aliphatic heterocycles. The molecule has 0 fully saturated rings. The van der Waals surface area contributed by atoms with Crippen molar-refractivity contribution < 1.29 is 9.53 Å². The topological polar surface area (TPSA) is 39.2 Å². The minimum Gasteiger partial charge on any atom is -0.385 e. The number of ether oxygens (including phenoxy) is 1. The molecule has 1 heterocycles. The van der Waals surface area contributed by atoms with Crippen LogP contribution in [0.2, 0.25) is 0 Å². The maximum atomic E-state index is 12.0. The highest BCUT2D eigenvalue weighted by atomic mass is 16.5. The predicted octanol–water partition coefficient (Wildman–Crippen LogP) is 2.25. The lowest BCUT2D eigenvalue weighted by Crippen LogP contribution is -2.14. The van der Waals surface area contributed by atoms with E-state index in [-0.39, 0.29) is 11.7 Å². The number of aryl methyl sites for hydroxylation is 1. The Labute approximate surface area is 90.5 Å². The van der Waals surface area contributed by atoms with Crippen molar-refractivity contribution in [1.29, 1.82) is 0 Å². The molecular formula is C12H17NO2. The number of methoxy groups -OCH3 is 1. The van der Waals surface area contributed by atoms with E-state index in [1.54, 1.807) is 25.6 Å². The van der Waals surface area contributed by atoms with E-state index < -0.39 is 0 Å². The zero-order chi connectivity index (χ0) is 11.3. The maximum Gasteiger partial charge on any atom is 0.166 e. The Morgan fingerprint density at radius 3 is 2.93 bits per heavy atom. The SMILES string of the molecule is COCCC(C)C(=O)c1ccncc1C. The average molecular weight is 207 g/mol. The lowest BCUT2D eigenvalue weighted by atomic mass is 9.95. The van der Waals surface area contributed by atoms with Crippen molar-refractivity contribution in [3.8, 4) is 0 Å². The molecule has 82 valence electrons.